The highest BCUT2D eigenvalue weighted by atomic mass is 32.3. The summed E-state index contributed by atoms with van der Waals surface area (Å²) in [6.07, 6.45) is -49.7. The number of carbonyl (C=O) groups is 1. The number of esters is 1. The fourth-order valence-electron chi connectivity index (χ4n) is 1.71. The van der Waals surface area contributed by atoms with Crippen molar-refractivity contribution in [1.82, 2.24) is 0 Å². The monoisotopic (exact) mass is 728 g/mol. The fourth-order valence-corrected chi connectivity index (χ4v) is 2.14. The van der Waals surface area contributed by atoms with Crippen LogP contribution in [0.1, 0.15) is 0 Å². The average molecular weight is 728 g/mol. The minimum absolute atomic E-state index is 0.990. The van der Waals surface area contributed by atoms with Crippen molar-refractivity contribution in [3.63, 3.8) is 0 Å². The van der Waals surface area contributed by atoms with E-state index in [2.05, 4.69) is 0 Å². The molecule has 258 valence electrons. The summed E-state index contributed by atoms with van der Waals surface area (Å²) >= 11 is 0. The molecule has 2 unspecified atom stereocenters. The Kier molecular flexibility index (Phi) is 9.79. The molecule has 0 aromatic heterocycles. The number of ether oxygens (including phenoxy) is 3. The second kappa shape index (κ2) is 10.4. The maximum absolute atomic E-state index is 14.0. The van der Waals surface area contributed by atoms with Gasteiger partial charge in [0, 0.05) is 0 Å². The molecule has 0 bridgehead atoms. The molecule has 0 aliphatic rings. The van der Waals surface area contributed by atoms with Crippen molar-refractivity contribution in [2.24, 2.45) is 0 Å². The molecular formula is C12F24O6S. The third kappa shape index (κ3) is 6.55. The molecule has 0 aliphatic heterocycles. The summed E-state index contributed by atoms with van der Waals surface area (Å²) in [5, 5.41) is -7.93. The summed E-state index contributed by atoms with van der Waals surface area (Å²) < 4.78 is 334. The van der Waals surface area contributed by atoms with Gasteiger partial charge in [-0.1, -0.05) is 3.89 Å². The van der Waals surface area contributed by atoms with Crippen molar-refractivity contribution in [2.45, 2.75) is 65.7 Å². The van der Waals surface area contributed by atoms with Crippen molar-refractivity contribution in [3.05, 3.63) is 0 Å². The number of alkyl halides is 23. The minimum atomic E-state index is -8.69. The van der Waals surface area contributed by atoms with Crippen LogP contribution in [0.3, 0.4) is 0 Å². The van der Waals surface area contributed by atoms with Crippen LogP contribution < -0.4 is 0 Å². The topological polar surface area (TPSA) is 78.9 Å². The van der Waals surface area contributed by atoms with Crippen LogP contribution in [0.5, 0.6) is 0 Å². The molecule has 0 heterocycles. The van der Waals surface area contributed by atoms with Crippen LogP contribution in [0.4, 0.5) is 105 Å². The van der Waals surface area contributed by atoms with E-state index in [0.717, 1.165) is 9.47 Å². The molecule has 6 nitrogen and oxygen atoms in total. The average Bonchev–Trinajstić information content (AvgIpc) is 2.68. The van der Waals surface area contributed by atoms with Crippen molar-refractivity contribution in [3.8, 4) is 0 Å². The standard InChI is InChI=1S/C12F24O6S/c13-2(6(19,20)21,1(37)40-9(28,29)4(16,17)12(34,35)43(36,38)39)41-11(32,33)5(18,8(25,26)27)42-10(30,31)3(14,15)7(22,23)24. The second-order valence-corrected chi connectivity index (χ2v) is 8.32. The van der Waals surface area contributed by atoms with E-state index in [1.54, 1.807) is 0 Å². The fraction of sp³-hybridized carbons (Fsp3) is 0.917. The summed E-state index contributed by atoms with van der Waals surface area (Å²) in [6.45, 7) is 0. The SMILES string of the molecule is O=C(OC(F)(F)C(F)(F)C(F)(F)S(=O)(=O)F)C(F)(OC(F)(F)C(F)(OC(F)(F)C(F)(F)C(F)(F)F)C(F)(F)F)C(F)(F)F. The molecule has 0 spiro atoms. The van der Waals surface area contributed by atoms with Crippen LogP contribution in [-0.2, 0) is 29.2 Å². The van der Waals surface area contributed by atoms with Gasteiger partial charge in [0.2, 0.25) is 0 Å². The summed E-state index contributed by atoms with van der Waals surface area (Å²) in [5.41, 5.74) is 0. The molecule has 0 rings (SSSR count). The van der Waals surface area contributed by atoms with Crippen LogP contribution in [0.2, 0.25) is 0 Å². The Balaban J connectivity index is 7.12. The van der Waals surface area contributed by atoms with E-state index < -0.39 is 81.9 Å². The van der Waals surface area contributed by atoms with E-state index in [9.17, 15) is 118 Å². The van der Waals surface area contributed by atoms with Gasteiger partial charge in [-0.15, -0.1) is 0 Å². The molecule has 0 radical (unpaired) electrons. The molecule has 0 saturated heterocycles. The zero-order chi connectivity index (χ0) is 35.7. The summed E-state index contributed by atoms with van der Waals surface area (Å²) in [5.74, 6) is -38.9. The van der Waals surface area contributed by atoms with Crippen LogP contribution in [0, 0.1) is 0 Å². The molecule has 0 aliphatic carbocycles. The van der Waals surface area contributed by atoms with E-state index in [1.807, 2.05) is 0 Å². The van der Waals surface area contributed by atoms with E-state index in [4.69, 9.17) is 0 Å². The molecule has 0 saturated carbocycles. The van der Waals surface area contributed by atoms with Crippen molar-refractivity contribution in [2.75, 3.05) is 0 Å². The Labute approximate surface area is 215 Å². The largest absolute Gasteiger partial charge is 0.474 e. The van der Waals surface area contributed by atoms with Crippen molar-refractivity contribution < 1.29 is 132 Å². The number of hydrogen-bond acceptors (Lipinski definition) is 6. The van der Waals surface area contributed by atoms with Crippen LogP contribution >= 0.6 is 0 Å². The van der Waals surface area contributed by atoms with Gasteiger partial charge in [-0.25, -0.2) is 4.79 Å². The Morgan fingerprint density at radius 3 is 1.12 bits per heavy atom. The molecule has 43 heavy (non-hydrogen) atoms. The van der Waals surface area contributed by atoms with Crippen molar-refractivity contribution >= 4 is 16.2 Å². The molecule has 0 amide bonds. The number of rotatable bonds is 11. The molecule has 0 fully saturated rings. The van der Waals surface area contributed by atoms with Gasteiger partial charge >= 0.3 is 81.9 Å². The third-order valence-electron chi connectivity index (χ3n) is 3.88. The first-order valence-electron chi connectivity index (χ1n) is 8.47. The highest BCUT2D eigenvalue weighted by Crippen LogP contribution is 2.57. The summed E-state index contributed by atoms with van der Waals surface area (Å²) in [4.78, 5) is 11.0. The molecular weight excluding hydrogens is 728 g/mol. The Hall–Kier alpha value is -2.34. The lowest BCUT2D eigenvalue weighted by Gasteiger charge is -2.40. The zero-order valence-corrected chi connectivity index (χ0v) is 18.7. The lowest BCUT2D eigenvalue weighted by Crippen LogP contribution is -2.68. The van der Waals surface area contributed by atoms with Crippen molar-refractivity contribution in [1.29, 1.82) is 0 Å². The summed E-state index contributed by atoms with van der Waals surface area (Å²) in [6, 6.07) is 0. The van der Waals surface area contributed by atoms with Crippen LogP contribution in [-0.4, -0.2) is 80.1 Å². The van der Waals surface area contributed by atoms with Gasteiger partial charge in [0.15, 0.2) is 0 Å². The summed E-state index contributed by atoms with van der Waals surface area (Å²) in [7, 11) is -8.37. The van der Waals surface area contributed by atoms with Crippen LogP contribution in [0.25, 0.3) is 0 Å². The maximum Gasteiger partial charge on any atom is 0.474 e. The first-order valence-corrected chi connectivity index (χ1v) is 9.85. The molecule has 31 heteroatoms. The predicted octanol–water partition coefficient (Wildman–Crippen LogP) is 6.52. The molecule has 0 N–H and O–H groups in total. The molecule has 0 aromatic rings. The first-order chi connectivity index (χ1) is 18.0. The highest BCUT2D eigenvalue weighted by molar-refractivity contribution is 7.87. The van der Waals surface area contributed by atoms with Gasteiger partial charge in [0.05, 0.1) is 0 Å². The van der Waals surface area contributed by atoms with E-state index in [0.29, 0.717) is 0 Å². The van der Waals surface area contributed by atoms with Gasteiger partial charge in [-0.05, 0) is 0 Å². The minimum Gasteiger partial charge on any atom is -0.391 e. The number of carbonyl (C=O) groups excluding carboxylic acids is 1. The Bertz CT molecular complexity index is 1150. The maximum atomic E-state index is 14.0. The number of hydrogen-bond donors (Lipinski definition) is 0. The lowest BCUT2D eigenvalue weighted by molar-refractivity contribution is -0.549. The predicted molar refractivity (Wildman–Crippen MR) is 73.8 cm³/mol. The Morgan fingerprint density at radius 1 is 0.465 bits per heavy atom. The van der Waals surface area contributed by atoms with Gasteiger partial charge in [-0.3, -0.25) is 9.47 Å². The number of halogens is 24. The van der Waals surface area contributed by atoms with Crippen LogP contribution in [0.15, 0.2) is 0 Å². The second-order valence-electron chi connectivity index (χ2n) is 6.93. The lowest BCUT2D eigenvalue weighted by atomic mass is 10.2. The first kappa shape index (κ1) is 40.7. The van der Waals surface area contributed by atoms with E-state index in [-0.39, 0.29) is 0 Å². The Morgan fingerprint density at radius 2 is 0.837 bits per heavy atom. The van der Waals surface area contributed by atoms with Gasteiger partial charge in [0.25, 0.3) is 0 Å². The zero-order valence-electron chi connectivity index (χ0n) is 17.9. The molecule has 0 aromatic carbocycles. The van der Waals surface area contributed by atoms with E-state index in [1.165, 1.54) is 4.74 Å². The highest BCUT2D eigenvalue weighted by Gasteiger charge is 2.87. The van der Waals surface area contributed by atoms with E-state index >= 15 is 0 Å². The third-order valence-corrected chi connectivity index (χ3v) is 4.75. The van der Waals surface area contributed by atoms with Gasteiger partial charge in [0.1, 0.15) is 0 Å². The molecule has 2 atom stereocenters. The quantitative estimate of drug-likeness (QED) is 0.137. The van der Waals surface area contributed by atoms with Gasteiger partial charge < -0.3 is 4.74 Å². The normalized spacial score (nSPS) is 18.6. The van der Waals surface area contributed by atoms with Gasteiger partial charge in [-0.2, -0.15) is 109 Å². The smallest absolute Gasteiger partial charge is 0.391 e.